The quantitative estimate of drug-likeness (QED) is 0.131. The zero-order valence-corrected chi connectivity index (χ0v) is 31.2. The summed E-state index contributed by atoms with van der Waals surface area (Å²) in [5.41, 5.74) is -1.11. The topological polar surface area (TPSA) is 117 Å². The molecule has 0 radical (unpaired) electrons. The van der Waals surface area contributed by atoms with E-state index < -0.39 is 53.2 Å². The first-order valence-electron chi connectivity index (χ1n) is 18.2. The summed E-state index contributed by atoms with van der Waals surface area (Å²) in [6, 6.07) is 7.87. The Labute approximate surface area is 298 Å². The molecule has 1 aromatic rings. The predicted octanol–water partition coefficient (Wildman–Crippen LogP) is 5.46. The lowest BCUT2D eigenvalue weighted by molar-refractivity contribution is -0.164. The molecule has 10 heteroatoms. The van der Waals surface area contributed by atoms with E-state index in [9.17, 15) is 24.3 Å². The van der Waals surface area contributed by atoms with Crippen molar-refractivity contribution in [3.63, 3.8) is 0 Å². The molecule has 4 rings (SSSR count). The lowest BCUT2D eigenvalue weighted by Crippen LogP contribution is -2.61. The smallest absolute Gasteiger partial charge is 0.313 e. The van der Waals surface area contributed by atoms with Gasteiger partial charge in [0.15, 0.2) is 0 Å². The second-order valence-corrected chi connectivity index (χ2v) is 16.1. The van der Waals surface area contributed by atoms with Gasteiger partial charge in [0.2, 0.25) is 17.7 Å². The van der Waals surface area contributed by atoms with E-state index in [2.05, 4.69) is 33.9 Å². The first-order valence-corrected chi connectivity index (χ1v) is 18.2. The number of rotatable bonds is 17. The molecular weight excluding hydrogens is 634 g/mol. The summed E-state index contributed by atoms with van der Waals surface area (Å²) < 4.78 is 13.1. The van der Waals surface area contributed by atoms with Gasteiger partial charge < -0.3 is 29.3 Å². The lowest BCUT2D eigenvalue weighted by atomic mass is 9.70. The number of esters is 1. The third-order valence-electron chi connectivity index (χ3n) is 10.8. The third-order valence-corrected chi connectivity index (χ3v) is 10.8. The van der Waals surface area contributed by atoms with Gasteiger partial charge in [0.1, 0.15) is 17.7 Å². The van der Waals surface area contributed by atoms with Crippen molar-refractivity contribution in [1.82, 2.24) is 14.7 Å². The van der Waals surface area contributed by atoms with Crippen molar-refractivity contribution in [2.45, 2.75) is 122 Å². The second-order valence-electron chi connectivity index (χ2n) is 16.1. The fraction of sp³-hybridized carbons (Fsp3) is 0.650. The van der Waals surface area contributed by atoms with E-state index in [1.54, 1.807) is 29.0 Å². The Bertz CT molecular complexity index is 1410. The number of aliphatic hydroxyl groups excluding tert-OH is 1. The van der Waals surface area contributed by atoms with E-state index in [0.717, 1.165) is 5.56 Å². The molecule has 276 valence electrons. The van der Waals surface area contributed by atoms with Crippen molar-refractivity contribution in [3.05, 3.63) is 61.2 Å². The average Bonchev–Trinajstić information content (AvgIpc) is 3.70. The Hall–Kier alpha value is -3.50. The summed E-state index contributed by atoms with van der Waals surface area (Å²) in [5, 5.41) is 9.57. The van der Waals surface area contributed by atoms with Gasteiger partial charge in [-0.05, 0) is 70.3 Å². The Balaban J connectivity index is 1.71. The van der Waals surface area contributed by atoms with Gasteiger partial charge in [-0.3, -0.25) is 19.2 Å². The zero-order chi connectivity index (χ0) is 37.0. The fourth-order valence-corrected chi connectivity index (χ4v) is 8.76. The monoisotopic (exact) mass is 693 g/mol. The molecule has 3 heterocycles. The van der Waals surface area contributed by atoms with Crippen molar-refractivity contribution < 1.29 is 33.8 Å². The molecule has 0 saturated carbocycles. The number of allylic oxidation sites excluding steroid dienone is 1. The second kappa shape index (κ2) is 15.8. The number of carbonyl (C=O) groups excluding carboxylic acids is 4. The minimum atomic E-state index is -1.19. The molecule has 0 aliphatic carbocycles. The largest absolute Gasteiger partial charge is 0.455 e. The minimum absolute atomic E-state index is 0.0342. The summed E-state index contributed by atoms with van der Waals surface area (Å²) in [4.78, 5) is 62.0. The molecule has 1 aromatic carbocycles. The van der Waals surface area contributed by atoms with Crippen LogP contribution in [0.1, 0.15) is 98.2 Å². The Morgan fingerprint density at radius 3 is 2.40 bits per heavy atom. The molecule has 3 aliphatic heterocycles. The Morgan fingerprint density at radius 1 is 1.12 bits per heavy atom. The number of nitrogens with zero attached hydrogens (tertiary/aromatic N) is 3. The highest BCUT2D eigenvalue weighted by Gasteiger charge is 2.75. The molecule has 2 bridgehead atoms. The highest BCUT2D eigenvalue weighted by atomic mass is 16.6. The number of unbranched alkanes of at least 4 members (excludes halogenated alkanes) is 1. The van der Waals surface area contributed by atoms with E-state index in [4.69, 9.17) is 9.47 Å². The SMILES string of the molecule is C=CCCC(=O)N(C)[C@@H](C)[C@@H](OC(=O)[C@@H]1[C@@H]2CC[C@]3(O2)[C@H](C(=O)N(CC=C)C(C)(C)CC(C)(C)C)N(CCCCO)C(=O)[C@@H]13)c1ccccc1. The Kier molecular flexibility index (Phi) is 12.4. The van der Waals surface area contributed by atoms with Crippen molar-refractivity contribution >= 4 is 23.7 Å². The predicted molar refractivity (Wildman–Crippen MR) is 193 cm³/mol. The number of benzene rings is 1. The highest BCUT2D eigenvalue weighted by Crippen LogP contribution is 2.59. The Morgan fingerprint density at radius 2 is 1.80 bits per heavy atom. The number of fused-ring (bicyclic) bond motifs is 1. The van der Waals surface area contributed by atoms with Gasteiger partial charge >= 0.3 is 5.97 Å². The molecule has 1 N–H and O–H groups in total. The molecule has 3 fully saturated rings. The maximum Gasteiger partial charge on any atom is 0.313 e. The molecule has 10 nitrogen and oxygen atoms in total. The van der Waals surface area contributed by atoms with Crippen LogP contribution in [0, 0.1) is 17.3 Å². The normalized spacial score (nSPS) is 25.5. The molecule has 1 spiro atoms. The van der Waals surface area contributed by atoms with E-state index in [-0.39, 0.29) is 42.7 Å². The van der Waals surface area contributed by atoms with Gasteiger partial charge in [-0.15, -0.1) is 13.2 Å². The summed E-state index contributed by atoms with van der Waals surface area (Å²) in [6.45, 7) is 20.5. The van der Waals surface area contributed by atoms with Crippen LogP contribution in [0.5, 0.6) is 0 Å². The van der Waals surface area contributed by atoms with E-state index >= 15 is 0 Å². The van der Waals surface area contributed by atoms with Gasteiger partial charge in [0, 0.05) is 38.7 Å². The molecule has 0 unspecified atom stereocenters. The number of likely N-dealkylation sites (tertiary alicyclic amines) is 1. The summed E-state index contributed by atoms with van der Waals surface area (Å²) >= 11 is 0. The van der Waals surface area contributed by atoms with Gasteiger partial charge in [0.05, 0.1) is 24.0 Å². The molecule has 7 atom stereocenters. The van der Waals surface area contributed by atoms with Gasteiger partial charge in [-0.25, -0.2) is 0 Å². The molecule has 3 amide bonds. The van der Waals surface area contributed by atoms with E-state index in [1.807, 2.05) is 56.0 Å². The van der Waals surface area contributed by atoms with Crippen molar-refractivity contribution in [2.24, 2.45) is 17.3 Å². The van der Waals surface area contributed by atoms with Crippen LogP contribution in [0.25, 0.3) is 0 Å². The van der Waals surface area contributed by atoms with Crippen LogP contribution in [0.3, 0.4) is 0 Å². The van der Waals surface area contributed by atoms with Crippen LogP contribution in [0.15, 0.2) is 55.6 Å². The first-order chi connectivity index (χ1) is 23.5. The van der Waals surface area contributed by atoms with Crippen LogP contribution in [-0.4, -0.2) is 99.6 Å². The standard InChI is InChI=1S/C40H59N3O7/c1-10-12-20-30(45)41(9)27(3)33(28-18-14-13-15-19-28)49-37(48)31-29-21-22-40(50-29)32(31)35(46)42(24-16-17-25-44)34(40)36(47)43(23-11-2)39(7,8)26-38(4,5)6/h10-11,13-15,18-19,27,29,31-34,44H,1-2,12,16-17,20-26H2,3-9H3/t27-,29-,31+,32+,33+,34-,40+/m0/s1. The number of carbonyl (C=O) groups is 4. The van der Waals surface area contributed by atoms with Crippen LogP contribution in [0.2, 0.25) is 0 Å². The van der Waals surface area contributed by atoms with E-state index in [0.29, 0.717) is 45.1 Å². The maximum atomic E-state index is 14.9. The number of aliphatic hydroxyl groups is 1. The van der Waals surface area contributed by atoms with Crippen molar-refractivity contribution in [1.29, 1.82) is 0 Å². The first kappa shape index (κ1) is 39.3. The molecular formula is C40H59N3O7. The summed E-state index contributed by atoms with van der Waals surface area (Å²) in [6.07, 6.45) is 5.50. The number of hydrogen-bond donors (Lipinski definition) is 1. The number of amides is 3. The van der Waals surface area contributed by atoms with E-state index in [1.165, 1.54) is 0 Å². The van der Waals surface area contributed by atoms with Gasteiger partial charge in [0.25, 0.3) is 0 Å². The number of likely N-dealkylation sites (N-methyl/N-ethyl adjacent to an activating group) is 1. The fourth-order valence-electron chi connectivity index (χ4n) is 8.76. The van der Waals surface area contributed by atoms with Crippen LogP contribution in [-0.2, 0) is 28.7 Å². The molecule has 3 aliphatic rings. The van der Waals surface area contributed by atoms with Crippen molar-refractivity contribution in [2.75, 3.05) is 26.7 Å². The van der Waals surface area contributed by atoms with Crippen molar-refractivity contribution in [3.8, 4) is 0 Å². The third kappa shape index (κ3) is 7.86. The number of hydrogen-bond acceptors (Lipinski definition) is 7. The van der Waals surface area contributed by atoms with Crippen LogP contribution >= 0.6 is 0 Å². The molecule has 3 saturated heterocycles. The lowest BCUT2D eigenvalue weighted by Gasteiger charge is -2.45. The van der Waals surface area contributed by atoms with Gasteiger partial charge in [-0.1, -0.05) is 63.3 Å². The molecule has 0 aromatic heterocycles. The van der Waals surface area contributed by atoms with Crippen LogP contribution < -0.4 is 0 Å². The maximum absolute atomic E-state index is 14.9. The summed E-state index contributed by atoms with van der Waals surface area (Å²) in [7, 11) is 1.70. The summed E-state index contributed by atoms with van der Waals surface area (Å²) in [5.74, 6) is -2.98. The highest BCUT2D eigenvalue weighted by molar-refractivity contribution is 5.98. The van der Waals surface area contributed by atoms with Crippen LogP contribution in [0.4, 0.5) is 0 Å². The minimum Gasteiger partial charge on any atom is -0.455 e. The number of ether oxygens (including phenoxy) is 2. The molecule has 50 heavy (non-hydrogen) atoms. The zero-order valence-electron chi connectivity index (χ0n) is 31.2. The average molecular weight is 694 g/mol. The van der Waals surface area contributed by atoms with Gasteiger partial charge in [-0.2, -0.15) is 0 Å².